The van der Waals surface area contributed by atoms with Gasteiger partial charge in [0.2, 0.25) is 11.8 Å². The Bertz CT molecular complexity index is 375. The van der Waals surface area contributed by atoms with Crippen LogP contribution in [0.25, 0.3) is 0 Å². The van der Waals surface area contributed by atoms with E-state index in [2.05, 4.69) is 0 Å². The maximum absolute atomic E-state index is 12.6. The fourth-order valence-electron chi connectivity index (χ4n) is 3.03. The predicted octanol–water partition coefficient (Wildman–Crippen LogP) is 0.509. The molecule has 120 valence electrons. The Labute approximate surface area is 126 Å². The van der Waals surface area contributed by atoms with E-state index in [-0.39, 0.29) is 30.4 Å². The van der Waals surface area contributed by atoms with Crippen molar-refractivity contribution in [2.75, 3.05) is 46.5 Å². The summed E-state index contributed by atoms with van der Waals surface area (Å²) in [6.45, 7) is 5.35. The molecule has 0 aromatic carbocycles. The normalized spacial score (nSPS) is 27.6. The van der Waals surface area contributed by atoms with Gasteiger partial charge in [0.1, 0.15) is 0 Å². The van der Waals surface area contributed by atoms with Crippen LogP contribution >= 0.6 is 0 Å². The lowest BCUT2D eigenvalue weighted by molar-refractivity contribution is -0.147. The number of nitrogens with zero attached hydrogens (tertiary/aromatic N) is 2. The molecular formula is C15H26N2O4. The minimum absolute atomic E-state index is 0.0160. The number of amides is 2. The summed E-state index contributed by atoms with van der Waals surface area (Å²) in [6.07, 6.45) is 2.55. The SMILES string of the molecule is COCCN1CCCN(C(=O)C2CCCOC2C)CC1=O. The Kier molecular flexibility index (Phi) is 5.99. The van der Waals surface area contributed by atoms with Crippen LogP contribution < -0.4 is 0 Å². The minimum Gasteiger partial charge on any atom is -0.383 e. The zero-order valence-corrected chi connectivity index (χ0v) is 13.0. The van der Waals surface area contributed by atoms with Crippen LogP contribution in [0.5, 0.6) is 0 Å². The molecule has 2 aliphatic heterocycles. The molecule has 0 aromatic heterocycles. The van der Waals surface area contributed by atoms with Gasteiger partial charge in [0.15, 0.2) is 0 Å². The van der Waals surface area contributed by atoms with Crippen molar-refractivity contribution >= 4 is 11.8 Å². The van der Waals surface area contributed by atoms with Crippen molar-refractivity contribution in [3.8, 4) is 0 Å². The van der Waals surface area contributed by atoms with Crippen LogP contribution in [0, 0.1) is 5.92 Å². The zero-order valence-electron chi connectivity index (χ0n) is 13.0. The van der Waals surface area contributed by atoms with Crippen LogP contribution in [-0.4, -0.2) is 74.2 Å². The average Bonchev–Trinajstić information content (AvgIpc) is 2.67. The molecule has 2 heterocycles. The van der Waals surface area contributed by atoms with E-state index in [1.165, 1.54) is 0 Å². The molecule has 21 heavy (non-hydrogen) atoms. The zero-order chi connectivity index (χ0) is 15.2. The topological polar surface area (TPSA) is 59.1 Å². The van der Waals surface area contributed by atoms with E-state index in [1.54, 1.807) is 16.9 Å². The first-order valence-corrected chi connectivity index (χ1v) is 7.80. The molecule has 2 saturated heterocycles. The lowest BCUT2D eigenvalue weighted by atomic mass is 9.94. The highest BCUT2D eigenvalue weighted by Gasteiger charge is 2.34. The average molecular weight is 298 g/mol. The summed E-state index contributed by atoms with van der Waals surface area (Å²) in [7, 11) is 1.63. The lowest BCUT2D eigenvalue weighted by Crippen LogP contribution is -2.46. The van der Waals surface area contributed by atoms with Gasteiger partial charge in [-0.15, -0.1) is 0 Å². The fraction of sp³-hybridized carbons (Fsp3) is 0.867. The van der Waals surface area contributed by atoms with E-state index in [1.807, 2.05) is 6.92 Å². The summed E-state index contributed by atoms with van der Waals surface area (Å²) in [5.74, 6) is -0.0107. The summed E-state index contributed by atoms with van der Waals surface area (Å²) < 4.78 is 10.6. The van der Waals surface area contributed by atoms with Crippen molar-refractivity contribution in [2.45, 2.75) is 32.3 Å². The van der Waals surface area contributed by atoms with E-state index in [9.17, 15) is 9.59 Å². The van der Waals surface area contributed by atoms with Gasteiger partial charge in [-0.2, -0.15) is 0 Å². The van der Waals surface area contributed by atoms with Crippen molar-refractivity contribution in [1.82, 2.24) is 9.80 Å². The third kappa shape index (κ3) is 4.17. The number of methoxy groups -OCH3 is 1. The first-order chi connectivity index (χ1) is 10.1. The second kappa shape index (κ2) is 7.75. The molecule has 6 heteroatoms. The minimum atomic E-state index is -0.0999. The van der Waals surface area contributed by atoms with E-state index in [0.29, 0.717) is 26.2 Å². The maximum Gasteiger partial charge on any atom is 0.242 e. The number of hydrogen-bond acceptors (Lipinski definition) is 4. The van der Waals surface area contributed by atoms with Gasteiger partial charge in [0.05, 0.1) is 25.2 Å². The van der Waals surface area contributed by atoms with Crippen LogP contribution in [0.4, 0.5) is 0 Å². The van der Waals surface area contributed by atoms with Gasteiger partial charge in [-0.05, 0) is 26.2 Å². The summed E-state index contributed by atoms with van der Waals surface area (Å²) in [5, 5.41) is 0. The van der Waals surface area contributed by atoms with E-state index in [4.69, 9.17) is 9.47 Å². The van der Waals surface area contributed by atoms with Crippen molar-refractivity contribution in [3.05, 3.63) is 0 Å². The molecule has 2 fully saturated rings. The van der Waals surface area contributed by atoms with Gasteiger partial charge < -0.3 is 19.3 Å². The summed E-state index contributed by atoms with van der Waals surface area (Å²) in [4.78, 5) is 28.4. The van der Waals surface area contributed by atoms with Gasteiger partial charge in [0, 0.05) is 33.4 Å². The fourth-order valence-corrected chi connectivity index (χ4v) is 3.03. The van der Waals surface area contributed by atoms with Crippen LogP contribution in [0.1, 0.15) is 26.2 Å². The molecule has 0 bridgehead atoms. The van der Waals surface area contributed by atoms with Gasteiger partial charge in [-0.25, -0.2) is 0 Å². The second-order valence-corrected chi connectivity index (χ2v) is 5.81. The largest absolute Gasteiger partial charge is 0.383 e. The second-order valence-electron chi connectivity index (χ2n) is 5.81. The molecule has 0 spiro atoms. The van der Waals surface area contributed by atoms with Gasteiger partial charge in [0.25, 0.3) is 0 Å². The van der Waals surface area contributed by atoms with Crippen LogP contribution in [-0.2, 0) is 19.1 Å². The van der Waals surface area contributed by atoms with Crippen molar-refractivity contribution in [3.63, 3.8) is 0 Å². The van der Waals surface area contributed by atoms with E-state index >= 15 is 0 Å². The first-order valence-electron chi connectivity index (χ1n) is 7.80. The van der Waals surface area contributed by atoms with Gasteiger partial charge in [-0.3, -0.25) is 9.59 Å². The molecule has 2 aliphatic rings. The monoisotopic (exact) mass is 298 g/mol. The summed E-state index contributed by atoms with van der Waals surface area (Å²) in [6, 6.07) is 0. The highest BCUT2D eigenvalue weighted by molar-refractivity contribution is 5.86. The van der Waals surface area contributed by atoms with Crippen LogP contribution in [0.2, 0.25) is 0 Å². The lowest BCUT2D eigenvalue weighted by Gasteiger charge is -2.32. The summed E-state index contributed by atoms with van der Waals surface area (Å²) in [5.41, 5.74) is 0. The van der Waals surface area contributed by atoms with E-state index < -0.39 is 0 Å². The van der Waals surface area contributed by atoms with Gasteiger partial charge in [-0.1, -0.05) is 0 Å². The highest BCUT2D eigenvalue weighted by atomic mass is 16.5. The number of rotatable bonds is 4. The smallest absolute Gasteiger partial charge is 0.242 e. The van der Waals surface area contributed by atoms with Crippen LogP contribution in [0.3, 0.4) is 0 Å². The van der Waals surface area contributed by atoms with Crippen molar-refractivity contribution in [2.24, 2.45) is 5.92 Å². The molecular weight excluding hydrogens is 272 g/mol. The molecule has 2 atom stereocenters. The Balaban J connectivity index is 1.94. The molecule has 2 unspecified atom stereocenters. The van der Waals surface area contributed by atoms with Crippen molar-refractivity contribution < 1.29 is 19.1 Å². The quantitative estimate of drug-likeness (QED) is 0.759. The molecule has 0 aliphatic carbocycles. The molecule has 6 nitrogen and oxygen atoms in total. The number of hydrogen-bond donors (Lipinski definition) is 0. The van der Waals surface area contributed by atoms with E-state index in [0.717, 1.165) is 25.9 Å². The molecule has 0 aromatic rings. The first kappa shape index (κ1) is 16.2. The number of ether oxygens (including phenoxy) is 2. The number of carbonyl (C=O) groups is 2. The Morgan fingerprint density at radius 2 is 2.19 bits per heavy atom. The molecule has 0 saturated carbocycles. The number of carbonyl (C=O) groups excluding carboxylic acids is 2. The molecule has 0 N–H and O–H groups in total. The maximum atomic E-state index is 12.6. The Hall–Kier alpha value is -1.14. The molecule has 2 rings (SSSR count). The van der Waals surface area contributed by atoms with Gasteiger partial charge >= 0.3 is 0 Å². The third-order valence-corrected chi connectivity index (χ3v) is 4.34. The predicted molar refractivity (Wildman–Crippen MR) is 77.8 cm³/mol. The van der Waals surface area contributed by atoms with Crippen LogP contribution in [0.15, 0.2) is 0 Å². The summed E-state index contributed by atoms with van der Waals surface area (Å²) >= 11 is 0. The molecule has 0 radical (unpaired) electrons. The molecule has 2 amide bonds. The Morgan fingerprint density at radius 1 is 1.38 bits per heavy atom. The highest BCUT2D eigenvalue weighted by Crippen LogP contribution is 2.23. The van der Waals surface area contributed by atoms with Crippen molar-refractivity contribution in [1.29, 1.82) is 0 Å². The third-order valence-electron chi connectivity index (χ3n) is 4.34. The Morgan fingerprint density at radius 3 is 2.90 bits per heavy atom. The standard InChI is InChI=1S/C15H26N2O4/c1-12-13(5-3-9-21-12)15(19)17-7-4-6-16(8-10-20-2)14(18)11-17/h12-13H,3-11H2,1-2H3.